The highest BCUT2D eigenvalue weighted by molar-refractivity contribution is 6.33. The van der Waals surface area contributed by atoms with Crippen LogP contribution in [0.4, 0.5) is 0 Å². The fourth-order valence-corrected chi connectivity index (χ4v) is 3.22. The van der Waals surface area contributed by atoms with E-state index in [4.69, 9.17) is 21.1 Å². The van der Waals surface area contributed by atoms with Gasteiger partial charge in [0.15, 0.2) is 11.5 Å². The molecule has 1 heterocycles. The first-order valence-electron chi connectivity index (χ1n) is 7.11. The number of hydrogen-bond donors (Lipinski definition) is 2. The van der Waals surface area contributed by atoms with Gasteiger partial charge in [-0.15, -0.1) is 0 Å². The molecular formula is C15H23ClN2O3. The summed E-state index contributed by atoms with van der Waals surface area (Å²) in [5.41, 5.74) is 0.866. The maximum absolute atomic E-state index is 9.87. The third kappa shape index (κ3) is 3.26. The second-order valence-corrected chi connectivity index (χ2v) is 5.57. The number of rotatable bonds is 5. The molecule has 0 aromatic heterocycles. The van der Waals surface area contributed by atoms with Crippen molar-refractivity contribution in [1.82, 2.24) is 10.2 Å². The molecule has 2 unspecified atom stereocenters. The second-order valence-electron chi connectivity index (χ2n) is 5.19. The predicted molar refractivity (Wildman–Crippen MR) is 83.4 cm³/mol. The molecule has 1 saturated heterocycles. The Morgan fingerprint density at radius 1 is 1.43 bits per heavy atom. The third-order valence-electron chi connectivity index (χ3n) is 4.00. The average molecular weight is 315 g/mol. The van der Waals surface area contributed by atoms with E-state index in [1.165, 1.54) is 0 Å². The lowest BCUT2D eigenvalue weighted by atomic mass is 10.0. The molecule has 1 aliphatic heterocycles. The minimum absolute atomic E-state index is 0.0134. The molecule has 0 amide bonds. The standard InChI is InChI=1S/C15H23ClN2O3/c1-10-8-17-6-7-18(10)12(9-19)11-4-5-13(20-2)15(21-3)14(11)16/h4-5,10,12,17,19H,6-9H2,1-3H3. The van der Waals surface area contributed by atoms with Crippen molar-refractivity contribution >= 4 is 11.6 Å². The van der Waals surface area contributed by atoms with Gasteiger partial charge in [0.2, 0.25) is 0 Å². The summed E-state index contributed by atoms with van der Waals surface area (Å²) < 4.78 is 10.6. The quantitative estimate of drug-likeness (QED) is 0.866. The molecule has 0 bridgehead atoms. The summed E-state index contributed by atoms with van der Waals surface area (Å²) in [5.74, 6) is 1.11. The van der Waals surface area contributed by atoms with Gasteiger partial charge < -0.3 is 19.9 Å². The lowest BCUT2D eigenvalue weighted by Gasteiger charge is -2.39. The summed E-state index contributed by atoms with van der Waals surface area (Å²) in [7, 11) is 3.14. The molecule has 5 nitrogen and oxygen atoms in total. The molecule has 118 valence electrons. The van der Waals surface area contributed by atoms with E-state index in [2.05, 4.69) is 17.1 Å². The molecule has 0 saturated carbocycles. The lowest BCUT2D eigenvalue weighted by molar-refractivity contribution is 0.0722. The molecule has 1 aliphatic rings. The minimum Gasteiger partial charge on any atom is -0.493 e. The van der Waals surface area contributed by atoms with E-state index in [9.17, 15) is 5.11 Å². The van der Waals surface area contributed by atoms with Crippen LogP contribution in [0.3, 0.4) is 0 Å². The number of hydrogen-bond acceptors (Lipinski definition) is 5. The number of ether oxygens (including phenoxy) is 2. The Balaban J connectivity index is 2.38. The van der Waals surface area contributed by atoms with E-state index in [-0.39, 0.29) is 12.6 Å². The molecule has 0 radical (unpaired) electrons. The van der Waals surface area contributed by atoms with Crippen molar-refractivity contribution in [2.75, 3.05) is 40.5 Å². The first kappa shape index (κ1) is 16.4. The largest absolute Gasteiger partial charge is 0.493 e. The molecule has 1 aromatic carbocycles. The monoisotopic (exact) mass is 314 g/mol. The first-order valence-corrected chi connectivity index (χ1v) is 7.49. The number of nitrogens with one attached hydrogen (secondary N) is 1. The average Bonchev–Trinajstić information content (AvgIpc) is 2.50. The van der Waals surface area contributed by atoms with E-state index in [0.29, 0.717) is 22.6 Å². The summed E-state index contributed by atoms with van der Waals surface area (Å²) >= 11 is 6.47. The van der Waals surface area contributed by atoms with Crippen LogP contribution in [0.25, 0.3) is 0 Å². The zero-order chi connectivity index (χ0) is 15.4. The molecular weight excluding hydrogens is 292 g/mol. The number of methoxy groups -OCH3 is 2. The highest BCUT2D eigenvalue weighted by atomic mass is 35.5. The fraction of sp³-hybridized carbons (Fsp3) is 0.600. The zero-order valence-corrected chi connectivity index (χ0v) is 13.5. The topological polar surface area (TPSA) is 54.0 Å². The van der Waals surface area contributed by atoms with E-state index in [0.717, 1.165) is 25.2 Å². The van der Waals surface area contributed by atoms with Crippen molar-refractivity contribution in [1.29, 1.82) is 0 Å². The van der Waals surface area contributed by atoms with Crippen molar-refractivity contribution in [2.24, 2.45) is 0 Å². The number of aliphatic hydroxyl groups is 1. The summed E-state index contributed by atoms with van der Waals surface area (Å²) in [4.78, 5) is 2.27. The van der Waals surface area contributed by atoms with Crippen LogP contribution in [0.5, 0.6) is 11.5 Å². The maximum Gasteiger partial charge on any atom is 0.179 e. The number of halogens is 1. The second kappa shape index (κ2) is 7.31. The number of aliphatic hydroxyl groups excluding tert-OH is 1. The Hall–Kier alpha value is -1.01. The molecule has 2 atom stereocenters. The predicted octanol–water partition coefficient (Wildman–Crippen LogP) is 1.68. The summed E-state index contributed by atoms with van der Waals surface area (Å²) in [6, 6.07) is 3.92. The molecule has 2 N–H and O–H groups in total. The molecule has 1 aromatic rings. The molecule has 0 aliphatic carbocycles. The van der Waals surface area contributed by atoms with Crippen molar-refractivity contribution in [3.8, 4) is 11.5 Å². The Bertz CT molecular complexity index is 484. The molecule has 2 rings (SSSR count). The van der Waals surface area contributed by atoms with Gasteiger partial charge in [0.25, 0.3) is 0 Å². The molecule has 0 spiro atoms. The van der Waals surface area contributed by atoms with Gasteiger partial charge in [0.05, 0.1) is 31.9 Å². The summed E-state index contributed by atoms with van der Waals surface area (Å²) in [5, 5.41) is 13.7. The first-order chi connectivity index (χ1) is 10.1. The van der Waals surface area contributed by atoms with Crippen LogP contribution in [0.15, 0.2) is 12.1 Å². The van der Waals surface area contributed by atoms with Crippen LogP contribution in [-0.4, -0.2) is 56.5 Å². The summed E-state index contributed by atoms with van der Waals surface area (Å²) in [6.07, 6.45) is 0. The molecule has 21 heavy (non-hydrogen) atoms. The van der Waals surface area contributed by atoms with Crippen LogP contribution in [0.2, 0.25) is 5.02 Å². The van der Waals surface area contributed by atoms with E-state index in [1.54, 1.807) is 14.2 Å². The number of nitrogens with zero attached hydrogens (tertiary/aromatic N) is 1. The van der Waals surface area contributed by atoms with Crippen molar-refractivity contribution in [3.05, 3.63) is 22.7 Å². The van der Waals surface area contributed by atoms with Gasteiger partial charge in [0, 0.05) is 25.7 Å². The van der Waals surface area contributed by atoms with Crippen molar-refractivity contribution in [3.63, 3.8) is 0 Å². The molecule has 6 heteroatoms. The Morgan fingerprint density at radius 2 is 2.19 bits per heavy atom. The minimum atomic E-state index is -0.144. The van der Waals surface area contributed by atoms with Gasteiger partial charge in [-0.1, -0.05) is 17.7 Å². The molecule has 1 fully saturated rings. The Labute approximate surface area is 130 Å². The van der Waals surface area contributed by atoms with Crippen molar-refractivity contribution < 1.29 is 14.6 Å². The number of benzene rings is 1. The van der Waals surface area contributed by atoms with E-state index in [1.807, 2.05) is 12.1 Å². The lowest BCUT2D eigenvalue weighted by Crippen LogP contribution is -2.51. The van der Waals surface area contributed by atoms with Gasteiger partial charge in [-0.3, -0.25) is 4.90 Å². The van der Waals surface area contributed by atoms with Gasteiger partial charge in [-0.05, 0) is 18.6 Å². The normalized spacial score (nSPS) is 21.1. The SMILES string of the molecule is COc1ccc(C(CO)N2CCNCC2C)c(Cl)c1OC. The third-order valence-corrected chi connectivity index (χ3v) is 4.39. The van der Waals surface area contributed by atoms with Gasteiger partial charge in [-0.2, -0.15) is 0 Å². The van der Waals surface area contributed by atoms with E-state index >= 15 is 0 Å². The van der Waals surface area contributed by atoms with Crippen molar-refractivity contribution in [2.45, 2.75) is 19.0 Å². The van der Waals surface area contributed by atoms with Crippen LogP contribution in [-0.2, 0) is 0 Å². The van der Waals surface area contributed by atoms with E-state index < -0.39 is 0 Å². The van der Waals surface area contributed by atoms with Gasteiger partial charge >= 0.3 is 0 Å². The number of piperazine rings is 1. The van der Waals surface area contributed by atoms with Gasteiger partial charge in [0.1, 0.15) is 0 Å². The maximum atomic E-state index is 9.87. The fourth-order valence-electron chi connectivity index (χ4n) is 2.86. The Kier molecular flexibility index (Phi) is 5.70. The van der Waals surface area contributed by atoms with Crippen LogP contribution >= 0.6 is 11.6 Å². The van der Waals surface area contributed by atoms with Crippen LogP contribution in [0, 0.1) is 0 Å². The Morgan fingerprint density at radius 3 is 2.76 bits per heavy atom. The van der Waals surface area contributed by atoms with Crippen LogP contribution < -0.4 is 14.8 Å². The highest BCUT2D eigenvalue weighted by Crippen LogP contribution is 2.41. The van der Waals surface area contributed by atoms with Crippen LogP contribution in [0.1, 0.15) is 18.5 Å². The smallest absolute Gasteiger partial charge is 0.179 e. The summed E-state index contributed by atoms with van der Waals surface area (Å²) in [6.45, 7) is 4.84. The van der Waals surface area contributed by atoms with Gasteiger partial charge in [-0.25, -0.2) is 0 Å². The highest BCUT2D eigenvalue weighted by Gasteiger charge is 2.29. The zero-order valence-electron chi connectivity index (χ0n) is 12.7.